The molecular formula is C28H24N8O16. The first-order chi connectivity index (χ1) is 24.1. The molecule has 0 atom stereocenters. The van der Waals surface area contributed by atoms with Gasteiger partial charge in [-0.25, -0.2) is 9.59 Å². The van der Waals surface area contributed by atoms with E-state index < -0.39 is 75.6 Å². The van der Waals surface area contributed by atoms with Crippen LogP contribution in [0.2, 0.25) is 0 Å². The van der Waals surface area contributed by atoms with Gasteiger partial charge in [0.05, 0.1) is 64.9 Å². The molecule has 52 heavy (non-hydrogen) atoms. The zero-order valence-electron chi connectivity index (χ0n) is 26.4. The van der Waals surface area contributed by atoms with Crippen molar-refractivity contribution in [1.29, 1.82) is 0 Å². The topological polar surface area (TPSA) is 385 Å². The summed E-state index contributed by atoms with van der Waals surface area (Å²) < 4.78 is 0. The molecule has 0 saturated carbocycles. The van der Waals surface area contributed by atoms with E-state index in [0.29, 0.717) is 35.6 Å². The first-order valence-corrected chi connectivity index (χ1v) is 13.4. The first kappa shape index (κ1) is 41.8. The quantitative estimate of drug-likeness (QED) is 0.100. The number of nitrogens with zero attached hydrogens (tertiary/aromatic N) is 6. The van der Waals surface area contributed by atoms with Crippen molar-refractivity contribution in [2.75, 3.05) is 11.5 Å². The molecule has 0 aromatic heterocycles. The summed E-state index contributed by atoms with van der Waals surface area (Å²) in [4.78, 5) is 78.1. The molecule has 0 aliphatic carbocycles. The van der Waals surface area contributed by atoms with Crippen LogP contribution in [0, 0.1) is 74.5 Å². The van der Waals surface area contributed by atoms with Crippen LogP contribution in [0.3, 0.4) is 0 Å². The highest BCUT2D eigenvalue weighted by Gasteiger charge is 2.28. The number of carboxylic acid groups (broad SMARTS) is 2. The molecule has 0 radical (unpaired) electrons. The van der Waals surface area contributed by atoms with Gasteiger partial charge in [-0.1, -0.05) is 0 Å². The molecule has 0 bridgehead atoms. The van der Waals surface area contributed by atoms with Crippen LogP contribution < -0.4 is 11.5 Å². The fourth-order valence-electron chi connectivity index (χ4n) is 3.56. The molecule has 0 fully saturated rings. The standard InChI is InChI=1S/2C7H5N3O6.2C7H7NO2/c2*1-4-6(9(13)14)2-5(8(11)12)3-7(4)10(15)16;2*8-6-3-1-5(2-4-6)7(9)10/h2*2-3H,1H3;2*1-4H,8H2,(H,9,10). The Labute approximate surface area is 288 Å². The molecule has 272 valence electrons. The highest BCUT2D eigenvalue weighted by molar-refractivity contribution is 5.88. The predicted molar refractivity (Wildman–Crippen MR) is 178 cm³/mol. The zero-order chi connectivity index (χ0) is 40.0. The van der Waals surface area contributed by atoms with Gasteiger partial charge in [-0.15, -0.1) is 0 Å². The fourth-order valence-corrected chi connectivity index (χ4v) is 3.56. The Morgan fingerprint density at radius 3 is 0.827 bits per heavy atom. The van der Waals surface area contributed by atoms with Gasteiger partial charge in [-0.3, -0.25) is 60.7 Å². The predicted octanol–water partition coefficient (Wildman–Crippen LogP) is 5.37. The second-order valence-electron chi connectivity index (χ2n) is 9.62. The number of carboxylic acids is 2. The highest BCUT2D eigenvalue weighted by Crippen LogP contribution is 2.33. The van der Waals surface area contributed by atoms with E-state index in [9.17, 15) is 70.3 Å². The number of rotatable bonds is 8. The second kappa shape index (κ2) is 18.4. The first-order valence-electron chi connectivity index (χ1n) is 13.4. The maximum absolute atomic E-state index is 10.5. The van der Waals surface area contributed by atoms with Crippen molar-refractivity contribution in [3.63, 3.8) is 0 Å². The molecule has 0 aliphatic heterocycles. The molecule has 0 spiro atoms. The van der Waals surface area contributed by atoms with Crippen LogP contribution in [0.25, 0.3) is 0 Å². The van der Waals surface area contributed by atoms with Crippen molar-refractivity contribution in [2.45, 2.75) is 13.8 Å². The van der Waals surface area contributed by atoms with Gasteiger partial charge in [0, 0.05) is 11.4 Å². The van der Waals surface area contributed by atoms with Crippen molar-refractivity contribution in [3.05, 3.63) is 156 Å². The molecule has 24 nitrogen and oxygen atoms in total. The van der Waals surface area contributed by atoms with Crippen LogP contribution >= 0.6 is 0 Å². The zero-order valence-corrected chi connectivity index (χ0v) is 26.4. The molecule has 0 unspecified atom stereocenters. The fraction of sp³-hybridized carbons (Fsp3) is 0.0714. The molecule has 4 aromatic rings. The number of nitro benzene ring substituents is 6. The smallest absolute Gasteiger partial charge is 0.335 e. The number of anilines is 2. The summed E-state index contributed by atoms with van der Waals surface area (Å²) in [5.41, 5.74) is 8.01. The minimum atomic E-state index is -0.931. The van der Waals surface area contributed by atoms with Crippen LogP contribution in [-0.4, -0.2) is 51.7 Å². The van der Waals surface area contributed by atoms with Crippen LogP contribution in [0.4, 0.5) is 45.5 Å². The van der Waals surface area contributed by atoms with Crippen molar-refractivity contribution in [1.82, 2.24) is 0 Å². The van der Waals surface area contributed by atoms with Crippen LogP contribution in [-0.2, 0) is 0 Å². The van der Waals surface area contributed by atoms with Crippen molar-refractivity contribution in [3.8, 4) is 0 Å². The number of carbonyl (C=O) groups is 2. The average molecular weight is 729 g/mol. The SMILES string of the molecule is Cc1c([N+](=O)[O-])cc([N+](=O)[O-])cc1[N+](=O)[O-].Cc1c([N+](=O)[O-])cc([N+](=O)[O-])cc1[N+](=O)[O-].Nc1ccc(C(=O)O)cc1.Nc1ccc(C(=O)O)cc1. The van der Waals surface area contributed by atoms with Gasteiger partial charge in [0.2, 0.25) is 0 Å². The molecule has 4 aromatic carbocycles. The Kier molecular flexibility index (Phi) is 14.8. The summed E-state index contributed by atoms with van der Waals surface area (Å²) >= 11 is 0. The van der Waals surface area contributed by atoms with Crippen molar-refractivity contribution >= 4 is 57.4 Å². The largest absolute Gasteiger partial charge is 0.478 e. The van der Waals surface area contributed by atoms with Crippen LogP contribution in [0.1, 0.15) is 31.8 Å². The lowest BCUT2D eigenvalue weighted by atomic mass is 10.1. The molecule has 4 rings (SSSR count). The van der Waals surface area contributed by atoms with Gasteiger partial charge >= 0.3 is 11.9 Å². The monoisotopic (exact) mass is 728 g/mol. The Morgan fingerprint density at radius 2 is 0.673 bits per heavy atom. The summed E-state index contributed by atoms with van der Waals surface area (Å²) in [7, 11) is 0. The number of hydrogen-bond donors (Lipinski definition) is 4. The number of nitrogen functional groups attached to an aromatic ring is 2. The lowest BCUT2D eigenvalue weighted by molar-refractivity contribution is -0.404. The highest BCUT2D eigenvalue weighted by atomic mass is 16.6. The van der Waals surface area contributed by atoms with Crippen LogP contribution in [0.5, 0.6) is 0 Å². The van der Waals surface area contributed by atoms with Crippen molar-refractivity contribution in [2.24, 2.45) is 0 Å². The van der Waals surface area contributed by atoms with Gasteiger partial charge in [0.25, 0.3) is 34.1 Å². The maximum Gasteiger partial charge on any atom is 0.335 e. The number of aromatic carboxylic acids is 2. The number of benzene rings is 4. The molecule has 6 N–H and O–H groups in total. The second-order valence-corrected chi connectivity index (χ2v) is 9.62. The van der Waals surface area contributed by atoms with Gasteiger partial charge < -0.3 is 21.7 Å². The molecule has 0 heterocycles. The van der Waals surface area contributed by atoms with E-state index in [1.165, 1.54) is 38.1 Å². The summed E-state index contributed by atoms with van der Waals surface area (Å²) in [6, 6.07) is 14.9. The van der Waals surface area contributed by atoms with E-state index in [2.05, 4.69) is 0 Å². The third-order valence-electron chi connectivity index (χ3n) is 6.20. The minimum absolute atomic E-state index is 0.208. The lowest BCUT2D eigenvalue weighted by Crippen LogP contribution is -2.00. The Bertz CT molecular complexity index is 1840. The van der Waals surface area contributed by atoms with Gasteiger partial charge in [0.15, 0.2) is 0 Å². The molecule has 0 aliphatic rings. The van der Waals surface area contributed by atoms with Gasteiger partial charge in [-0.05, 0) is 62.4 Å². The Hall–Kier alpha value is -8.18. The number of nitro groups is 6. The normalized spacial score (nSPS) is 9.58. The summed E-state index contributed by atoms with van der Waals surface area (Å²) in [5.74, 6) is -1.86. The number of hydrogen-bond acceptors (Lipinski definition) is 16. The Balaban J connectivity index is 0.000000355. The van der Waals surface area contributed by atoms with E-state index in [4.69, 9.17) is 21.7 Å². The minimum Gasteiger partial charge on any atom is -0.478 e. The third-order valence-corrected chi connectivity index (χ3v) is 6.20. The number of non-ortho nitro benzene ring substituents is 2. The van der Waals surface area contributed by atoms with Gasteiger partial charge in [0.1, 0.15) is 11.1 Å². The molecule has 0 saturated heterocycles. The number of nitrogens with two attached hydrogens (primary N) is 2. The van der Waals surface area contributed by atoms with E-state index in [-0.39, 0.29) is 22.3 Å². The van der Waals surface area contributed by atoms with E-state index in [0.717, 1.165) is 0 Å². The maximum atomic E-state index is 10.5. The Morgan fingerprint density at radius 1 is 0.462 bits per heavy atom. The molecule has 24 heteroatoms. The summed E-state index contributed by atoms with van der Waals surface area (Å²) in [6.07, 6.45) is 0. The summed E-state index contributed by atoms with van der Waals surface area (Å²) in [5, 5.41) is 79.8. The van der Waals surface area contributed by atoms with E-state index in [1.54, 1.807) is 24.3 Å². The van der Waals surface area contributed by atoms with E-state index in [1.807, 2.05) is 0 Å². The molecule has 0 amide bonds. The van der Waals surface area contributed by atoms with Crippen LogP contribution in [0.15, 0.2) is 72.8 Å². The van der Waals surface area contributed by atoms with Crippen molar-refractivity contribution < 1.29 is 49.3 Å². The molecular weight excluding hydrogens is 704 g/mol. The van der Waals surface area contributed by atoms with Gasteiger partial charge in [-0.2, -0.15) is 0 Å². The van der Waals surface area contributed by atoms with E-state index >= 15 is 0 Å². The summed E-state index contributed by atoms with van der Waals surface area (Å²) in [6.45, 7) is 2.33. The lowest BCUT2D eigenvalue weighted by Gasteiger charge is -1.99. The third kappa shape index (κ3) is 12.1. The average Bonchev–Trinajstić information content (AvgIpc) is 3.05.